The number of nitrogens with zero attached hydrogens (tertiary/aromatic N) is 2. The molecule has 5 rings (SSSR count). The molecule has 150 valence electrons. The number of alkyl halides is 1. The fourth-order valence-corrected chi connectivity index (χ4v) is 5.18. The molecular weight excluding hydrogens is 357 g/mol. The molecule has 0 aliphatic heterocycles. The van der Waals surface area contributed by atoms with Crippen LogP contribution in [0.4, 0.5) is 4.39 Å². The Morgan fingerprint density at radius 2 is 2.04 bits per heavy atom. The summed E-state index contributed by atoms with van der Waals surface area (Å²) in [5.41, 5.74) is 3.13. The SMILES string of the molecule is CC(C)c1nc2ccccc2c(=O)n1NC(=O)C[C@@H]1[C@@H](F)C[C@@H]2C[C@@H]1C2(C)C. The molecule has 2 bridgehead atoms. The Balaban J connectivity index is 1.61. The molecule has 3 saturated carbocycles. The number of hydrogen-bond acceptors (Lipinski definition) is 3. The number of halogens is 1. The lowest BCUT2D eigenvalue weighted by atomic mass is 9.45. The van der Waals surface area contributed by atoms with Crippen LogP contribution in [0, 0.1) is 23.2 Å². The maximum absolute atomic E-state index is 14.6. The van der Waals surface area contributed by atoms with E-state index in [1.165, 1.54) is 4.68 Å². The summed E-state index contributed by atoms with van der Waals surface area (Å²) in [6.07, 6.45) is 0.688. The van der Waals surface area contributed by atoms with Crippen LogP contribution in [-0.2, 0) is 4.79 Å². The van der Waals surface area contributed by atoms with Gasteiger partial charge in [-0.25, -0.2) is 14.1 Å². The van der Waals surface area contributed by atoms with Gasteiger partial charge in [-0.15, -0.1) is 0 Å². The first kappa shape index (κ1) is 19.1. The van der Waals surface area contributed by atoms with Crippen LogP contribution in [0.2, 0.25) is 0 Å². The number of benzene rings is 1. The predicted molar refractivity (Wildman–Crippen MR) is 107 cm³/mol. The number of carbonyl (C=O) groups is 1. The summed E-state index contributed by atoms with van der Waals surface area (Å²) in [4.78, 5) is 30.3. The molecular formula is C22H28FN3O2. The van der Waals surface area contributed by atoms with Crippen molar-refractivity contribution in [1.29, 1.82) is 0 Å². The summed E-state index contributed by atoms with van der Waals surface area (Å²) < 4.78 is 15.9. The van der Waals surface area contributed by atoms with Crippen molar-refractivity contribution in [3.63, 3.8) is 0 Å². The molecule has 1 aromatic heterocycles. The molecule has 1 heterocycles. The first-order valence-electron chi connectivity index (χ1n) is 10.2. The molecule has 1 N–H and O–H groups in total. The zero-order chi connectivity index (χ0) is 20.2. The first-order chi connectivity index (χ1) is 13.2. The number of rotatable bonds is 4. The highest BCUT2D eigenvalue weighted by Gasteiger charge is 2.58. The molecule has 2 aromatic rings. The molecule has 0 spiro atoms. The number of nitrogens with one attached hydrogen (secondary N) is 1. The minimum Gasteiger partial charge on any atom is -0.273 e. The molecule has 3 aliphatic carbocycles. The number of fused-ring (bicyclic) bond motifs is 3. The molecule has 5 nitrogen and oxygen atoms in total. The van der Waals surface area contributed by atoms with Crippen LogP contribution in [0.3, 0.4) is 0 Å². The van der Waals surface area contributed by atoms with Gasteiger partial charge in [-0.1, -0.05) is 39.8 Å². The largest absolute Gasteiger partial charge is 0.280 e. The molecule has 1 aromatic carbocycles. The van der Waals surface area contributed by atoms with Crippen LogP contribution in [0.25, 0.3) is 10.9 Å². The Morgan fingerprint density at radius 3 is 2.71 bits per heavy atom. The molecule has 28 heavy (non-hydrogen) atoms. The summed E-state index contributed by atoms with van der Waals surface area (Å²) >= 11 is 0. The third-order valence-electron chi connectivity index (χ3n) is 7.01. The standard InChI is InChI=1S/C22H28FN3O2/c1-12(2)20-24-18-8-6-5-7-14(18)21(28)26(20)25-19(27)11-15-16-9-13(10-17(15)23)22(16,3)4/h5-8,12-13,15-17H,9-11H2,1-4H3,(H,25,27)/t13-,15-,16-,17-/m0/s1. The lowest BCUT2D eigenvalue weighted by Gasteiger charge is -2.61. The highest BCUT2D eigenvalue weighted by molar-refractivity contribution is 5.85. The van der Waals surface area contributed by atoms with Crippen molar-refractivity contribution in [2.75, 3.05) is 5.43 Å². The van der Waals surface area contributed by atoms with Gasteiger partial charge in [0.05, 0.1) is 10.9 Å². The lowest BCUT2D eigenvalue weighted by molar-refractivity contribution is -0.148. The fourth-order valence-electron chi connectivity index (χ4n) is 5.18. The highest BCUT2D eigenvalue weighted by Crippen LogP contribution is 2.62. The van der Waals surface area contributed by atoms with E-state index in [4.69, 9.17) is 0 Å². The Hall–Kier alpha value is -2.24. The van der Waals surface area contributed by atoms with Crippen LogP contribution in [0.15, 0.2) is 29.1 Å². The third kappa shape index (κ3) is 2.93. The number of aromatic nitrogens is 2. The maximum Gasteiger partial charge on any atom is 0.280 e. The van der Waals surface area contributed by atoms with Gasteiger partial charge >= 0.3 is 0 Å². The molecule has 0 unspecified atom stereocenters. The Kier molecular flexibility index (Phi) is 4.55. The van der Waals surface area contributed by atoms with Gasteiger partial charge in [0, 0.05) is 18.3 Å². The van der Waals surface area contributed by atoms with Crippen LogP contribution in [0.1, 0.15) is 58.7 Å². The number of carbonyl (C=O) groups excluding carboxylic acids is 1. The zero-order valence-corrected chi connectivity index (χ0v) is 16.9. The molecule has 3 fully saturated rings. The van der Waals surface area contributed by atoms with Gasteiger partial charge in [0.2, 0.25) is 5.91 Å². The molecule has 3 aliphatic rings. The van der Waals surface area contributed by atoms with E-state index in [2.05, 4.69) is 24.3 Å². The van der Waals surface area contributed by atoms with E-state index in [1.807, 2.05) is 19.9 Å². The van der Waals surface area contributed by atoms with Gasteiger partial charge in [0.15, 0.2) is 0 Å². The Morgan fingerprint density at radius 1 is 1.32 bits per heavy atom. The van der Waals surface area contributed by atoms with Crippen molar-refractivity contribution >= 4 is 16.8 Å². The van der Waals surface area contributed by atoms with E-state index < -0.39 is 6.17 Å². The quantitative estimate of drug-likeness (QED) is 0.865. The molecule has 4 atom stereocenters. The summed E-state index contributed by atoms with van der Waals surface area (Å²) in [6.45, 7) is 8.21. The molecule has 1 amide bonds. The highest BCUT2D eigenvalue weighted by atomic mass is 19.1. The van der Waals surface area contributed by atoms with Gasteiger partial charge in [0.25, 0.3) is 5.56 Å². The predicted octanol–water partition coefficient (Wildman–Crippen LogP) is 4.00. The Labute approximate surface area is 164 Å². The van der Waals surface area contributed by atoms with Gasteiger partial charge in [-0.3, -0.25) is 15.0 Å². The van der Waals surface area contributed by atoms with Crippen LogP contribution < -0.4 is 11.0 Å². The van der Waals surface area contributed by atoms with Crippen molar-refractivity contribution < 1.29 is 9.18 Å². The number of hydrogen-bond donors (Lipinski definition) is 1. The lowest BCUT2D eigenvalue weighted by Crippen LogP contribution is -2.57. The summed E-state index contributed by atoms with van der Waals surface area (Å²) in [5.74, 6) is 0.491. The van der Waals surface area contributed by atoms with E-state index in [9.17, 15) is 14.0 Å². The maximum atomic E-state index is 14.6. The van der Waals surface area contributed by atoms with Crippen molar-refractivity contribution in [2.24, 2.45) is 23.2 Å². The second-order valence-electron chi connectivity index (χ2n) is 9.30. The van der Waals surface area contributed by atoms with Crippen LogP contribution >= 0.6 is 0 Å². The monoisotopic (exact) mass is 385 g/mol. The molecule has 6 heteroatoms. The zero-order valence-electron chi connectivity index (χ0n) is 16.9. The fraction of sp³-hybridized carbons (Fsp3) is 0.591. The van der Waals surface area contributed by atoms with Gasteiger partial charge in [-0.2, -0.15) is 0 Å². The summed E-state index contributed by atoms with van der Waals surface area (Å²) in [5, 5.41) is 0.455. The van der Waals surface area contributed by atoms with Crippen LogP contribution in [0.5, 0.6) is 0 Å². The average molecular weight is 385 g/mol. The van der Waals surface area contributed by atoms with E-state index >= 15 is 0 Å². The second kappa shape index (κ2) is 6.68. The first-order valence-corrected chi connectivity index (χ1v) is 10.2. The van der Waals surface area contributed by atoms with Crippen molar-refractivity contribution in [1.82, 2.24) is 9.66 Å². The normalized spacial score (nSPS) is 28.2. The number of amides is 1. The van der Waals surface area contributed by atoms with Gasteiger partial charge in [0.1, 0.15) is 12.0 Å². The Bertz CT molecular complexity index is 981. The van der Waals surface area contributed by atoms with Gasteiger partial charge in [-0.05, 0) is 42.2 Å². The third-order valence-corrected chi connectivity index (χ3v) is 7.01. The van der Waals surface area contributed by atoms with E-state index in [0.29, 0.717) is 29.1 Å². The smallest absolute Gasteiger partial charge is 0.273 e. The molecule has 0 saturated heterocycles. The second-order valence-corrected chi connectivity index (χ2v) is 9.30. The van der Waals surface area contributed by atoms with Crippen molar-refractivity contribution in [3.8, 4) is 0 Å². The topological polar surface area (TPSA) is 64.0 Å². The summed E-state index contributed by atoms with van der Waals surface area (Å²) in [7, 11) is 0. The summed E-state index contributed by atoms with van der Waals surface area (Å²) in [6, 6.07) is 7.10. The minimum absolute atomic E-state index is 0.0486. The van der Waals surface area contributed by atoms with E-state index in [1.54, 1.807) is 18.2 Å². The van der Waals surface area contributed by atoms with Crippen LogP contribution in [-0.4, -0.2) is 21.7 Å². The van der Waals surface area contributed by atoms with E-state index in [-0.39, 0.29) is 41.1 Å². The van der Waals surface area contributed by atoms with Crippen molar-refractivity contribution in [3.05, 3.63) is 40.4 Å². The number of para-hydroxylation sites is 1. The average Bonchev–Trinajstić information content (AvgIpc) is 2.64. The van der Waals surface area contributed by atoms with Crippen molar-refractivity contribution in [2.45, 2.75) is 59.0 Å². The van der Waals surface area contributed by atoms with Gasteiger partial charge < -0.3 is 0 Å². The minimum atomic E-state index is -0.946. The van der Waals surface area contributed by atoms with E-state index in [0.717, 1.165) is 6.42 Å². The molecule has 0 radical (unpaired) electrons.